The zero-order valence-electron chi connectivity index (χ0n) is 7.95. The van der Waals surface area contributed by atoms with Crippen molar-refractivity contribution < 1.29 is 9.57 Å². The Labute approximate surface area is 87.0 Å². The molecule has 1 aromatic rings. The van der Waals surface area contributed by atoms with Crippen LogP contribution in [0, 0.1) is 11.3 Å². The van der Waals surface area contributed by atoms with Crippen LogP contribution in [-0.2, 0) is 16.1 Å². The Kier molecular flexibility index (Phi) is 5.19. The molecule has 5 heteroatoms. The van der Waals surface area contributed by atoms with Gasteiger partial charge in [-0.25, -0.2) is 0 Å². The van der Waals surface area contributed by atoms with Gasteiger partial charge in [0.25, 0.3) is 0 Å². The van der Waals surface area contributed by atoms with Crippen LogP contribution in [0.3, 0.4) is 0 Å². The number of methoxy groups -OCH3 is 1. The van der Waals surface area contributed by atoms with E-state index in [2.05, 4.69) is 11.5 Å². The van der Waals surface area contributed by atoms with Gasteiger partial charge in [0.1, 0.15) is 10.9 Å². The van der Waals surface area contributed by atoms with Gasteiger partial charge < -0.3 is 4.74 Å². The van der Waals surface area contributed by atoms with E-state index in [1.807, 2.05) is 6.07 Å². The first-order chi connectivity index (χ1) is 6.86. The lowest BCUT2D eigenvalue weighted by molar-refractivity contribution is 0.00387. The minimum Gasteiger partial charge on any atom is -0.382 e. The van der Waals surface area contributed by atoms with Crippen molar-refractivity contribution in [3.63, 3.8) is 0 Å². The summed E-state index contributed by atoms with van der Waals surface area (Å²) in [6, 6.07) is 5.80. The molecule has 4 nitrogen and oxygen atoms in total. The number of hydrogen-bond acceptors (Lipinski definition) is 5. The first-order valence-electron chi connectivity index (χ1n) is 4.19. The summed E-state index contributed by atoms with van der Waals surface area (Å²) in [5.74, 6) is 0. The van der Waals surface area contributed by atoms with Crippen LogP contribution in [0.5, 0.6) is 0 Å². The van der Waals surface area contributed by atoms with Gasteiger partial charge in [-0.05, 0) is 12.1 Å². The highest BCUT2D eigenvalue weighted by Gasteiger charge is 1.98. The second-order valence-electron chi connectivity index (χ2n) is 2.54. The van der Waals surface area contributed by atoms with Crippen molar-refractivity contribution in [2.45, 2.75) is 6.54 Å². The third-order valence-electron chi connectivity index (χ3n) is 1.51. The SMILES string of the molecule is COCCONCc1ccc(C#N)s1. The fourth-order valence-electron chi connectivity index (χ4n) is 0.852. The maximum absolute atomic E-state index is 8.58. The van der Waals surface area contributed by atoms with Gasteiger partial charge in [-0.3, -0.25) is 4.84 Å². The largest absolute Gasteiger partial charge is 0.382 e. The van der Waals surface area contributed by atoms with E-state index in [9.17, 15) is 0 Å². The summed E-state index contributed by atoms with van der Waals surface area (Å²) in [6.45, 7) is 1.71. The molecule has 0 saturated carbocycles. The van der Waals surface area contributed by atoms with E-state index >= 15 is 0 Å². The molecule has 0 aliphatic rings. The highest BCUT2D eigenvalue weighted by Crippen LogP contribution is 2.14. The molecule has 0 aromatic carbocycles. The van der Waals surface area contributed by atoms with E-state index in [0.717, 1.165) is 9.75 Å². The lowest BCUT2D eigenvalue weighted by Crippen LogP contribution is -2.16. The summed E-state index contributed by atoms with van der Waals surface area (Å²) in [5, 5.41) is 8.58. The van der Waals surface area contributed by atoms with Gasteiger partial charge in [0.2, 0.25) is 0 Å². The molecule has 1 heterocycles. The summed E-state index contributed by atoms with van der Waals surface area (Å²) < 4.78 is 4.81. The Hall–Kier alpha value is -0.930. The van der Waals surface area contributed by atoms with Crippen LogP contribution in [0.2, 0.25) is 0 Å². The Bertz CT molecular complexity index is 306. The second-order valence-corrected chi connectivity index (χ2v) is 3.71. The Balaban J connectivity index is 2.16. The number of rotatable bonds is 6. The molecule has 0 aliphatic heterocycles. The molecular weight excluding hydrogens is 200 g/mol. The average molecular weight is 212 g/mol. The number of ether oxygens (including phenoxy) is 1. The lowest BCUT2D eigenvalue weighted by atomic mass is 10.4. The summed E-state index contributed by atoms with van der Waals surface area (Å²) in [4.78, 5) is 6.87. The maximum atomic E-state index is 8.58. The number of nitriles is 1. The Morgan fingerprint density at radius 1 is 1.50 bits per heavy atom. The van der Waals surface area contributed by atoms with Crippen LogP contribution in [0.25, 0.3) is 0 Å². The number of hydroxylamine groups is 1. The predicted octanol–water partition coefficient (Wildman–Crippen LogP) is 1.29. The molecule has 1 aromatic heterocycles. The van der Waals surface area contributed by atoms with Gasteiger partial charge in [0, 0.05) is 12.0 Å². The molecule has 1 N–H and O–H groups in total. The number of nitrogens with zero attached hydrogens (tertiary/aromatic N) is 1. The minimum absolute atomic E-state index is 0.521. The molecule has 0 atom stereocenters. The minimum atomic E-state index is 0.521. The van der Waals surface area contributed by atoms with Gasteiger partial charge in [-0.15, -0.1) is 11.3 Å². The molecule has 0 aliphatic carbocycles. The Morgan fingerprint density at radius 3 is 3.00 bits per heavy atom. The van der Waals surface area contributed by atoms with E-state index in [1.54, 1.807) is 13.2 Å². The van der Waals surface area contributed by atoms with Gasteiger partial charge in [-0.1, -0.05) is 0 Å². The molecule has 0 bridgehead atoms. The molecular formula is C9H12N2O2S. The monoisotopic (exact) mass is 212 g/mol. The average Bonchev–Trinajstić information content (AvgIpc) is 2.65. The number of thiophene rings is 1. The first-order valence-corrected chi connectivity index (χ1v) is 5.01. The Morgan fingerprint density at radius 2 is 2.36 bits per heavy atom. The number of hydrogen-bond donors (Lipinski definition) is 1. The van der Waals surface area contributed by atoms with Crippen molar-refractivity contribution in [2.75, 3.05) is 20.3 Å². The molecule has 0 radical (unpaired) electrons. The van der Waals surface area contributed by atoms with Gasteiger partial charge in [0.15, 0.2) is 0 Å². The van der Waals surface area contributed by atoms with Crippen LogP contribution in [0.1, 0.15) is 9.75 Å². The molecule has 0 fully saturated rings. The lowest BCUT2D eigenvalue weighted by Gasteiger charge is -2.02. The third-order valence-corrected chi connectivity index (χ3v) is 2.50. The van der Waals surface area contributed by atoms with Crippen LogP contribution in [-0.4, -0.2) is 20.3 Å². The van der Waals surface area contributed by atoms with Crippen molar-refractivity contribution in [1.82, 2.24) is 5.48 Å². The first kappa shape index (κ1) is 11.1. The molecule has 1 rings (SSSR count). The van der Waals surface area contributed by atoms with Gasteiger partial charge in [0.05, 0.1) is 19.8 Å². The molecule has 0 amide bonds. The van der Waals surface area contributed by atoms with Crippen LogP contribution >= 0.6 is 11.3 Å². The summed E-state index contributed by atoms with van der Waals surface area (Å²) >= 11 is 1.46. The zero-order chi connectivity index (χ0) is 10.2. The summed E-state index contributed by atoms with van der Waals surface area (Å²) in [7, 11) is 1.63. The van der Waals surface area contributed by atoms with E-state index < -0.39 is 0 Å². The third kappa shape index (κ3) is 3.85. The highest BCUT2D eigenvalue weighted by atomic mass is 32.1. The smallest absolute Gasteiger partial charge is 0.110 e. The van der Waals surface area contributed by atoms with E-state index in [1.165, 1.54) is 11.3 Å². The fraction of sp³-hybridized carbons (Fsp3) is 0.444. The van der Waals surface area contributed by atoms with Crippen molar-refractivity contribution in [2.24, 2.45) is 0 Å². The van der Waals surface area contributed by atoms with E-state index in [4.69, 9.17) is 14.8 Å². The standard InChI is InChI=1S/C9H12N2O2S/c1-12-4-5-13-11-7-9-3-2-8(6-10)14-9/h2-3,11H,4-5,7H2,1H3. The molecule has 0 spiro atoms. The topological polar surface area (TPSA) is 54.3 Å². The van der Waals surface area contributed by atoms with E-state index in [-0.39, 0.29) is 0 Å². The van der Waals surface area contributed by atoms with Crippen molar-refractivity contribution in [3.05, 3.63) is 21.9 Å². The number of nitrogens with one attached hydrogen (secondary N) is 1. The van der Waals surface area contributed by atoms with Crippen LogP contribution in [0.4, 0.5) is 0 Å². The van der Waals surface area contributed by atoms with Gasteiger partial charge >= 0.3 is 0 Å². The molecule has 14 heavy (non-hydrogen) atoms. The van der Waals surface area contributed by atoms with Gasteiger partial charge in [-0.2, -0.15) is 10.7 Å². The van der Waals surface area contributed by atoms with Crippen LogP contribution < -0.4 is 5.48 Å². The summed E-state index contributed by atoms with van der Waals surface area (Å²) in [6.07, 6.45) is 0. The fourth-order valence-corrected chi connectivity index (χ4v) is 1.58. The van der Waals surface area contributed by atoms with Crippen molar-refractivity contribution in [1.29, 1.82) is 5.26 Å². The van der Waals surface area contributed by atoms with E-state index in [0.29, 0.717) is 19.8 Å². The van der Waals surface area contributed by atoms with Crippen LogP contribution in [0.15, 0.2) is 12.1 Å². The molecule has 0 unspecified atom stereocenters. The second kappa shape index (κ2) is 6.51. The summed E-state index contributed by atoms with van der Waals surface area (Å²) in [5.41, 5.74) is 2.79. The maximum Gasteiger partial charge on any atom is 0.110 e. The van der Waals surface area contributed by atoms with Crippen molar-refractivity contribution >= 4 is 11.3 Å². The molecule has 76 valence electrons. The quantitative estimate of drug-likeness (QED) is 0.570. The highest BCUT2D eigenvalue weighted by molar-refractivity contribution is 7.12. The normalized spacial score (nSPS) is 10.0. The predicted molar refractivity (Wildman–Crippen MR) is 53.7 cm³/mol. The van der Waals surface area contributed by atoms with Crippen molar-refractivity contribution in [3.8, 4) is 6.07 Å². The zero-order valence-corrected chi connectivity index (χ0v) is 8.76. The molecule has 0 saturated heterocycles.